The zero-order valence-electron chi connectivity index (χ0n) is 22.5. The fourth-order valence-corrected chi connectivity index (χ4v) is 4.97. The molecule has 0 saturated heterocycles. The number of benzene rings is 1. The van der Waals surface area contributed by atoms with Crippen molar-refractivity contribution in [3.05, 3.63) is 94.7 Å². The number of halogens is 1. The van der Waals surface area contributed by atoms with Crippen molar-refractivity contribution in [3.63, 3.8) is 0 Å². The molecule has 0 saturated carbocycles. The molecular formula is C30H34FN5O2. The van der Waals surface area contributed by atoms with Gasteiger partial charge in [0, 0.05) is 11.8 Å². The molecule has 0 aliphatic heterocycles. The lowest BCUT2D eigenvalue weighted by atomic mass is 10.0. The molecule has 2 heterocycles. The van der Waals surface area contributed by atoms with Crippen molar-refractivity contribution in [1.29, 1.82) is 0 Å². The highest BCUT2D eigenvalue weighted by Crippen LogP contribution is 2.35. The van der Waals surface area contributed by atoms with E-state index in [1.807, 2.05) is 57.3 Å². The van der Waals surface area contributed by atoms with Crippen LogP contribution in [-0.4, -0.2) is 37.9 Å². The first-order chi connectivity index (χ1) is 18.5. The summed E-state index contributed by atoms with van der Waals surface area (Å²) >= 11 is 0. The number of aromatic nitrogens is 4. The fraction of sp³-hybridized carbons (Fsp3) is 0.333. The maximum atomic E-state index is 16.1. The largest absolute Gasteiger partial charge is 0.497 e. The van der Waals surface area contributed by atoms with E-state index in [-0.39, 0.29) is 16.5 Å². The molecule has 0 unspecified atom stereocenters. The molecule has 1 aliphatic carbocycles. The number of methoxy groups -OCH3 is 1. The predicted molar refractivity (Wildman–Crippen MR) is 146 cm³/mol. The van der Waals surface area contributed by atoms with Crippen molar-refractivity contribution in [1.82, 2.24) is 24.9 Å². The van der Waals surface area contributed by atoms with Crippen LogP contribution in [0.4, 0.5) is 4.48 Å². The van der Waals surface area contributed by atoms with Crippen LogP contribution in [0.25, 0.3) is 11.4 Å². The minimum Gasteiger partial charge on any atom is -0.497 e. The standard InChI is InChI=1S/C30H34FN5O2/c1-6-21(7-2)28(22(8-3)9-4)36(31)30(37)27-25-12-10-11-23-17-32-19-33-26(23)29(25)35(34-27)18-20-13-15-24(38-5)16-14-20/h6,8,13-17,19H,1,7,9-12,18H2,2-5H3/b22-8-,28-21-. The van der Waals surface area contributed by atoms with E-state index >= 15 is 4.48 Å². The number of aryl methyl sites for hydroxylation is 1. The van der Waals surface area contributed by atoms with E-state index in [9.17, 15) is 4.79 Å². The molecule has 198 valence electrons. The Balaban J connectivity index is 1.87. The average molecular weight is 516 g/mol. The Morgan fingerprint density at radius 1 is 1.21 bits per heavy atom. The van der Waals surface area contributed by atoms with Crippen LogP contribution in [-0.2, 0) is 19.4 Å². The first-order valence-electron chi connectivity index (χ1n) is 13.0. The number of allylic oxidation sites excluding steroid dienone is 4. The van der Waals surface area contributed by atoms with E-state index in [1.54, 1.807) is 17.9 Å². The van der Waals surface area contributed by atoms with Crippen molar-refractivity contribution in [2.75, 3.05) is 7.11 Å². The summed E-state index contributed by atoms with van der Waals surface area (Å²) < 4.78 is 23.2. The molecule has 0 atom stereocenters. The zero-order valence-corrected chi connectivity index (χ0v) is 22.5. The van der Waals surface area contributed by atoms with Crippen LogP contribution in [0.3, 0.4) is 0 Å². The van der Waals surface area contributed by atoms with Gasteiger partial charge in [0.15, 0.2) is 5.69 Å². The third kappa shape index (κ3) is 5.16. The normalized spacial score (nSPS) is 13.7. The van der Waals surface area contributed by atoms with Gasteiger partial charge in [-0.25, -0.2) is 9.97 Å². The van der Waals surface area contributed by atoms with Crippen molar-refractivity contribution < 1.29 is 14.0 Å². The Hall–Kier alpha value is -4.07. The smallest absolute Gasteiger partial charge is 0.307 e. The summed E-state index contributed by atoms with van der Waals surface area (Å²) in [6.07, 6.45) is 9.99. The maximum absolute atomic E-state index is 16.1. The number of hydrogen-bond acceptors (Lipinski definition) is 5. The van der Waals surface area contributed by atoms with Crippen LogP contribution in [0.2, 0.25) is 0 Å². The molecule has 4 rings (SSSR count). The van der Waals surface area contributed by atoms with Crippen molar-refractivity contribution >= 4 is 5.91 Å². The minimum atomic E-state index is -0.789. The molecule has 1 amide bonds. The fourth-order valence-electron chi connectivity index (χ4n) is 4.97. The molecular weight excluding hydrogens is 481 g/mol. The number of ether oxygens (including phenoxy) is 1. The minimum absolute atomic E-state index is 0.103. The number of nitrogens with zero attached hydrogens (tertiary/aromatic N) is 5. The van der Waals surface area contributed by atoms with Crippen LogP contribution < -0.4 is 4.74 Å². The molecule has 0 bridgehead atoms. The molecule has 1 aliphatic rings. The third-order valence-corrected chi connectivity index (χ3v) is 6.97. The van der Waals surface area contributed by atoms with Crippen LogP contribution >= 0.6 is 0 Å². The highest BCUT2D eigenvalue weighted by Gasteiger charge is 2.33. The predicted octanol–water partition coefficient (Wildman–Crippen LogP) is 6.42. The molecule has 0 spiro atoms. The molecule has 0 N–H and O–H groups in total. The molecule has 0 fully saturated rings. The summed E-state index contributed by atoms with van der Waals surface area (Å²) in [6.45, 7) is 9.95. The highest BCUT2D eigenvalue weighted by atomic mass is 19.2. The second-order valence-corrected chi connectivity index (χ2v) is 9.12. The van der Waals surface area contributed by atoms with Crippen molar-refractivity contribution in [3.8, 4) is 17.1 Å². The number of hydrogen-bond donors (Lipinski definition) is 0. The van der Waals surface area contributed by atoms with E-state index in [2.05, 4.69) is 16.5 Å². The number of amides is 1. The van der Waals surface area contributed by atoms with Crippen LogP contribution in [0.15, 0.2) is 72.4 Å². The van der Waals surface area contributed by atoms with Gasteiger partial charge in [-0.15, -0.1) is 5.12 Å². The SMILES string of the molecule is C=C/C(CC)=C(\C(=C/C)CC)N(F)C(=O)c1nn(Cc2ccc(OC)cc2)c2c1CCCc1cncnc1-2. The van der Waals surface area contributed by atoms with E-state index in [0.717, 1.165) is 46.7 Å². The second kappa shape index (κ2) is 12.0. The van der Waals surface area contributed by atoms with Gasteiger partial charge in [0.05, 0.1) is 30.7 Å². The third-order valence-electron chi connectivity index (χ3n) is 6.97. The van der Waals surface area contributed by atoms with Crippen LogP contribution in [0.1, 0.15) is 67.2 Å². The molecule has 2 aromatic heterocycles. The average Bonchev–Trinajstić information content (AvgIpc) is 3.18. The van der Waals surface area contributed by atoms with Crippen LogP contribution in [0, 0.1) is 0 Å². The zero-order chi connectivity index (χ0) is 27.2. The van der Waals surface area contributed by atoms with Gasteiger partial charge in [-0.2, -0.15) is 5.10 Å². The van der Waals surface area contributed by atoms with E-state index in [0.29, 0.717) is 36.9 Å². The van der Waals surface area contributed by atoms with Gasteiger partial charge >= 0.3 is 5.91 Å². The number of carbonyl (C=O) groups excluding carboxylic acids is 1. The Kier molecular flexibility index (Phi) is 8.51. The summed E-state index contributed by atoms with van der Waals surface area (Å²) in [4.78, 5) is 22.6. The number of fused-ring (bicyclic) bond motifs is 3. The van der Waals surface area contributed by atoms with Crippen molar-refractivity contribution in [2.24, 2.45) is 0 Å². The summed E-state index contributed by atoms with van der Waals surface area (Å²) in [7, 11) is 1.62. The van der Waals surface area contributed by atoms with Gasteiger partial charge in [0.1, 0.15) is 12.1 Å². The summed E-state index contributed by atoms with van der Waals surface area (Å²) in [5, 5.41) is 4.98. The topological polar surface area (TPSA) is 73.1 Å². The summed E-state index contributed by atoms with van der Waals surface area (Å²) in [5.74, 6) is -0.0399. The second-order valence-electron chi connectivity index (χ2n) is 9.12. The van der Waals surface area contributed by atoms with Gasteiger partial charge in [-0.1, -0.05) is 49.2 Å². The van der Waals surface area contributed by atoms with E-state index < -0.39 is 5.91 Å². The lowest BCUT2D eigenvalue weighted by molar-refractivity contribution is 0.0380. The van der Waals surface area contributed by atoms with Gasteiger partial charge in [0.25, 0.3) is 0 Å². The van der Waals surface area contributed by atoms with E-state index in [4.69, 9.17) is 9.84 Å². The van der Waals surface area contributed by atoms with Crippen molar-refractivity contribution in [2.45, 2.75) is 59.4 Å². The lowest BCUT2D eigenvalue weighted by Gasteiger charge is -2.20. The van der Waals surface area contributed by atoms with Crippen LogP contribution in [0.5, 0.6) is 5.75 Å². The summed E-state index contributed by atoms with van der Waals surface area (Å²) in [5.41, 5.74) is 5.88. The molecule has 3 aromatic rings. The van der Waals surface area contributed by atoms with Gasteiger partial charge in [-0.3, -0.25) is 9.48 Å². The monoisotopic (exact) mass is 515 g/mol. The lowest BCUT2D eigenvalue weighted by Crippen LogP contribution is -2.26. The van der Waals surface area contributed by atoms with Gasteiger partial charge in [-0.05, 0) is 73.4 Å². The Labute approximate surface area is 223 Å². The molecule has 8 heteroatoms. The Morgan fingerprint density at radius 3 is 2.61 bits per heavy atom. The molecule has 7 nitrogen and oxygen atoms in total. The van der Waals surface area contributed by atoms with Gasteiger partial charge < -0.3 is 4.74 Å². The van der Waals surface area contributed by atoms with Gasteiger partial charge in [0.2, 0.25) is 0 Å². The molecule has 1 aromatic carbocycles. The highest BCUT2D eigenvalue weighted by molar-refractivity contribution is 5.96. The Bertz CT molecular complexity index is 1390. The number of carbonyl (C=O) groups is 1. The quantitative estimate of drug-likeness (QED) is 0.243. The number of rotatable bonds is 9. The first-order valence-corrected chi connectivity index (χ1v) is 13.0. The Morgan fingerprint density at radius 2 is 1.97 bits per heavy atom. The summed E-state index contributed by atoms with van der Waals surface area (Å²) in [6, 6.07) is 7.66. The van der Waals surface area contributed by atoms with E-state index in [1.165, 1.54) is 6.33 Å². The maximum Gasteiger partial charge on any atom is 0.307 e. The molecule has 0 radical (unpaired) electrons. The first kappa shape index (κ1) is 27.0. The molecule has 38 heavy (non-hydrogen) atoms.